The van der Waals surface area contributed by atoms with Crippen LogP contribution in [0.4, 0.5) is 0 Å². The summed E-state index contributed by atoms with van der Waals surface area (Å²) < 4.78 is 16.9. The predicted molar refractivity (Wildman–Crippen MR) is 71.6 cm³/mol. The molecule has 1 aromatic rings. The van der Waals surface area contributed by atoms with Gasteiger partial charge in [-0.05, 0) is 6.07 Å². The van der Waals surface area contributed by atoms with Crippen molar-refractivity contribution in [1.29, 1.82) is 0 Å². The summed E-state index contributed by atoms with van der Waals surface area (Å²) >= 11 is 0. The lowest BCUT2D eigenvalue weighted by atomic mass is 10.1. The van der Waals surface area contributed by atoms with Gasteiger partial charge < -0.3 is 14.2 Å². The van der Waals surface area contributed by atoms with Crippen molar-refractivity contribution < 1.29 is 14.2 Å². The van der Waals surface area contributed by atoms with Crippen molar-refractivity contribution in [2.45, 2.75) is 18.9 Å². The van der Waals surface area contributed by atoms with E-state index in [0.717, 1.165) is 24.2 Å². The minimum atomic E-state index is 0.149. The highest BCUT2D eigenvalue weighted by Gasteiger charge is 2.27. The first-order valence-corrected chi connectivity index (χ1v) is 6.01. The van der Waals surface area contributed by atoms with E-state index in [1.807, 2.05) is 18.2 Å². The van der Waals surface area contributed by atoms with E-state index < -0.39 is 0 Å². The highest BCUT2D eigenvalue weighted by atomic mass is 16.5. The monoisotopic (exact) mass is 246 g/mol. The molecule has 0 saturated carbocycles. The van der Waals surface area contributed by atoms with E-state index in [0.29, 0.717) is 18.1 Å². The van der Waals surface area contributed by atoms with Crippen LogP contribution in [0, 0.1) is 0 Å². The molecule has 3 nitrogen and oxygen atoms in total. The van der Waals surface area contributed by atoms with Crippen LogP contribution in [-0.2, 0) is 6.42 Å². The molecule has 0 saturated heterocycles. The minimum Gasteiger partial charge on any atom is -0.493 e. The molecule has 0 aromatic heterocycles. The summed E-state index contributed by atoms with van der Waals surface area (Å²) in [6.45, 7) is 7.83. The maximum absolute atomic E-state index is 5.91. The molecule has 18 heavy (non-hydrogen) atoms. The molecule has 0 bridgehead atoms. The first-order valence-electron chi connectivity index (χ1n) is 6.01. The summed E-state index contributed by atoms with van der Waals surface area (Å²) in [6, 6.07) is 3.94. The molecular formula is C15H18O3. The number of methoxy groups -OCH3 is 1. The molecule has 0 N–H and O–H groups in total. The van der Waals surface area contributed by atoms with Crippen LogP contribution >= 0.6 is 0 Å². The van der Waals surface area contributed by atoms with Crippen molar-refractivity contribution in [2.24, 2.45) is 0 Å². The van der Waals surface area contributed by atoms with E-state index in [9.17, 15) is 0 Å². The van der Waals surface area contributed by atoms with Crippen molar-refractivity contribution in [2.75, 3.05) is 13.7 Å². The Morgan fingerprint density at radius 3 is 2.89 bits per heavy atom. The molecular weight excluding hydrogens is 228 g/mol. The Morgan fingerprint density at radius 2 is 2.22 bits per heavy atom. The maximum atomic E-state index is 5.91. The third kappa shape index (κ3) is 2.35. The number of benzene rings is 1. The molecule has 1 unspecified atom stereocenters. The topological polar surface area (TPSA) is 27.7 Å². The SMILES string of the molecule is C=CCOc1c(OC)ccc2c1OC(CC=C)C2. The molecule has 0 amide bonds. The molecule has 1 aromatic carbocycles. The van der Waals surface area contributed by atoms with Crippen LogP contribution < -0.4 is 14.2 Å². The van der Waals surface area contributed by atoms with Gasteiger partial charge in [-0.2, -0.15) is 0 Å². The molecule has 0 fully saturated rings. The summed E-state index contributed by atoms with van der Waals surface area (Å²) in [6.07, 6.45) is 5.44. The molecule has 96 valence electrons. The van der Waals surface area contributed by atoms with E-state index in [4.69, 9.17) is 14.2 Å². The fourth-order valence-electron chi connectivity index (χ4n) is 2.09. The highest BCUT2D eigenvalue weighted by molar-refractivity contribution is 5.57. The molecule has 3 heteroatoms. The fraction of sp³-hybridized carbons (Fsp3) is 0.333. The molecule has 1 aliphatic rings. The van der Waals surface area contributed by atoms with Crippen LogP contribution in [-0.4, -0.2) is 19.8 Å². The second-order valence-corrected chi connectivity index (χ2v) is 4.15. The zero-order chi connectivity index (χ0) is 13.0. The maximum Gasteiger partial charge on any atom is 0.204 e. The van der Waals surface area contributed by atoms with Gasteiger partial charge in [0.1, 0.15) is 12.7 Å². The summed E-state index contributed by atoms with van der Waals surface area (Å²) in [7, 11) is 1.62. The zero-order valence-corrected chi connectivity index (χ0v) is 10.6. The Bertz CT molecular complexity index is 451. The second-order valence-electron chi connectivity index (χ2n) is 4.15. The van der Waals surface area contributed by atoms with Crippen LogP contribution in [0.25, 0.3) is 0 Å². The molecule has 1 heterocycles. The quantitative estimate of drug-likeness (QED) is 0.722. The van der Waals surface area contributed by atoms with Gasteiger partial charge in [-0.15, -0.1) is 6.58 Å². The smallest absolute Gasteiger partial charge is 0.204 e. The largest absolute Gasteiger partial charge is 0.493 e. The molecule has 0 radical (unpaired) electrons. The van der Waals surface area contributed by atoms with Gasteiger partial charge >= 0.3 is 0 Å². The number of hydrogen-bond acceptors (Lipinski definition) is 3. The standard InChI is InChI=1S/C15H18O3/c1-4-6-12-10-11-7-8-13(16-3)15(14(11)18-12)17-9-5-2/h4-5,7-8,12H,1-2,6,9-10H2,3H3. The van der Waals surface area contributed by atoms with Crippen molar-refractivity contribution in [1.82, 2.24) is 0 Å². The summed E-state index contributed by atoms with van der Waals surface area (Å²) in [5.74, 6) is 2.15. The van der Waals surface area contributed by atoms with E-state index >= 15 is 0 Å². The zero-order valence-electron chi connectivity index (χ0n) is 10.6. The Hall–Kier alpha value is -1.90. The highest BCUT2D eigenvalue weighted by Crippen LogP contribution is 2.44. The Kier molecular flexibility index (Phi) is 3.92. The number of hydrogen-bond donors (Lipinski definition) is 0. The van der Waals surface area contributed by atoms with Gasteiger partial charge in [-0.3, -0.25) is 0 Å². The summed E-state index contributed by atoms with van der Waals surface area (Å²) in [5.41, 5.74) is 1.15. The Labute approximate surface area is 108 Å². The molecule has 0 spiro atoms. The Morgan fingerprint density at radius 1 is 1.39 bits per heavy atom. The van der Waals surface area contributed by atoms with Crippen LogP contribution in [0.15, 0.2) is 37.4 Å². The van der Waals surface area contributed by atoms with Gasteiger partial charge in [-0.25, -0.2) is 0 Å². The van der Waals surface area contributed by atoms with Crippen LogP contribution in [0.2, 0.25) is 0 Å². The number of fused-ring (bicyclic) bond motifs is 1. The average Bonchev–Trinajstić information content (AvgIpc) is 2.79. The molecule has 1 atom stereocenters. The van der Waals surface area contributed by atoms with Gasteiger partial charge in [-0.1, -0.05) is 24.8 Å². The van der Waals surface area contributed by atoms with Crippen LogP contribution in [0.5, 0.6) is 17.2 Å². The first kappa shape index (κ1) is 12.6. The predicted octanol–water partition coefficient (Wildman–Crippen LogP) is 3.14. The molecule has 0 aliphatic carbocycles. The van der Waals surface area contributed by atoms with Crippen LogP contribution in [0.3, 0.4) is 0 Å². The summed E-state index contributed by atoms with van der Waals surface area (Å²) in [5, 5.41) is 0. The average molecular weight is 246 g/mol. The lowest BCUT2D eigenvalue weighted by Gasteiger charge is -2.14. The third-order valence-corrected chi connectivity index (χ3v) is 2.88. The van der Waals surface area contributed by atoms with E-state index in [2.05, 4.69) is 13.2 Å². The minimum absolute atomic E-state index is 0.149. The van der Waals surface area contributed by atoms with Gasteiger partial charge in [0.15, 0.2) is 11.5 Å². The first-order chi connectivity index (χ1) is 8.80. The second kappa shape index (κ2) is 5.63. The lowest BCUT2D eigenvalue weighted by Crippen LogP contribution is -2.11. The van der Waals surface area contributed by atoms with Gasteiger partial charge in [0.25, 0.3) is 0 Å². The lowest BCUT2D eigenvalue weighted by molar-refractivity contribution is 0.221. The Balaban J connectivity index is 2.30. The number of ether oxygens (including phenoxy) is 3. The van der Waals surface area contributed by atoms with Gasteiger partial charge in [0.2, 0.25) is 5.75 Å². The normalized spacial score (nSPS) is 16.6. The third-order valence-electron chi connectivity index (χ3n) is 2.88. The molecule has 1 aliphatic heterocycles. The van der Waals surface area contributed by atoms with E-state index in [-0.39, 0.29) is 6.10 Å². The molecule has 2 rings (SSSR count). The summed E-state index contributed by atoms with van der Waals surface area (Å²) in [4.78, 5) is 0. The van der Waals surface area contributed by atoms with Gasteiger partial charge in [0.05, 0.1) is 7.11 Å². The van der Waals surface area contributed by atoms with E-state index in [1.54, 1.807) is 13.2 Å². The number of rotatable bonds is 6. The van der Waals surface area contributed by atoms with Crippen molar-refractivity contribution in [3.8, 4) is 17.2 Å². The van der Waals surface area contributed by atoms with Crippen molar-refractivity contribution >= 4 is 0 Å². The van der Waals surface area contributed by atoms with Crippen LogP contribution in [0.1, 0.15) is 12.0 Å². The fourth-order valence-corrected chi connectivity index (χ4v) is 2.09. The van der Waals surface area contributed by atoms with Crippen molar-refractivity contribution in [3.05, 3.63) is 43.0 Å². The van der Waals surface area contributed by atoms with E-state index in [1.165, 1.54) is 0 Å². The van der Waals surface area contributed by atoms with Gasteiger partial charge in [0, 0.05) is 18.4 Å². The van der Waals surface area contributed by atoms with Crippen molar-refractivity contribution in [3.63, 3.8) is 0 Å².